The van der Waals surface area contributed by atoms with Crippen LogP contribution in [0, 0.1) is 0 Å². The third-order valence-electron chi connectivity index (χ3n) is 4.68. The number of hydrogen-bond acceptors (Lipinski definition) is 7. The number of hydrogen-bond donors (Lipinski definition) is 0. The molecule has 3 aromatic rings. The quantitative estimate of drug-likeness (QED) is 0.651. The lowest BCUT2D eigenvalue weighted by Crippen LogP contribution is -2.50. The van der Waals surface area contributed by atoms with Crippen LogP contribution in [0.15, 0.2) is 60.0 Å². The number of carbonyl (C=O) groups is 1. The van der Waals surface area contributed by atoms with Gasteiger partial charge in [0.1, 0.15) is 6.54 Å². The summed E-state index contributed by atoms with van der Waals surface area (Å²) in [5.41, 5.74) is 1.53. The number of pyridine rings is 1. The van der Waals surface area contributed by atoms with Gasteiger partial charge in [-0.1, -0.05) is 0 Å². The van der Waals surface area contributed by atoms with E-state index in [0.29, 0.717) is 26.2 Å². The van der Waals surface area contributed by atoms with Gasteiger partial charge in [-0.2, -0.15) is 0 Å². The molecule has 1 aliphatic heterocycles. The van der Waals surface area contributed by atoms with Gasteiger partial charge in [0.2, 0.25) is 5.91 Å². The maximum absolute atomic E-state index is 12.5. The Labute approximate surface area is 161 Å². The summed E-state index contributed by atoms with van der Waals surface area (Å²) in [4.78, 5) is 35.9. The molecule has 0 aliphatic carbocycles. The third-order valence-corrected chi connectivity index (χ3v) is 4.68. The number of nitrogens with zero attached hydrogens (tertiary/aromatic N) is 7. The van der Waals surface area contributed by atoms with Gasteiger partial charge in [0.15, 0.2) is 5.82 Å². The van der Waals surface area contributed by atoms with Gasteiger partial charge >= 0.3 is 0 Å². The monoisotopic (exact) mass is 377 g/mol. The van der Waals surface area contributed by atoms with Crippen LogP contribution in [-0.4, -0.2) is 61.7 Å². The molecule has 1 saturated heterocycles. The first kappa shape index (κ1) is 17.8. The highest BCUT2D eigenvalue weighted by Crippen LogP contribution is 2.18. The molecule has 1 aliphatic rings. The molecule has 4 rings (SSSR count). The van der Waals surface area contributed by atoms with E-state index >= 15 is 0 Å². The van der Waals surface area contributed by atoms with Crippen molar-refractivity contribution < 1.29 is 4.79 Å². The molecule has 0 unspecified atom stereocenters. The largest absolute Gasteiger partial charge is 0.352 e. The average Bonchev–Trinajstić information content (AvgIpc) is 2.76. The second-order valence-electron chi connectivity index (χ2n) is 6.43. The van der Waals surface area contributed by atoms with E-state index in [1.807, 2.05) is 24.3 Å². The van der Waals surface area contributed by atoms with Crippen molar-refractivity contribution in [2.45, 2.75) is 6.54 Å². The van der Waals surface area contributed by atoms with Crippen LogP contribution in [-0.2, 0) is 11.3 Å². The smallest absolute Gasteiger partial charge is 0.253 e. The summed E-state index contributed by atoms with van der Waals surface area (Å²) in [6.07, 6.45) is 6.25. The van der Waals surface area contributed by atoms with Crippen LogP contribution in [0.4, 0.5) is 5.82 Å². The van der Waals surface area contributed by atoms with Gasteiger partial charge in [-0.15, -0.1) is 10.2 Å². The van der Waals surface area contributed by atoms with E-state index in [-0.39, 0.29) is 18.0 Å². The molecule has 9 heteroatoms. The van der Waals surface area contributed by atoms with Gasteiger partial charge in [0, 0.05) is 56.4 Å². The molecule has 28 heavy (non-hydrogen) atoms. The van der Waals surface area contributed by atoms with Crippen molar-refractivity contribution in [1.29, 1.82) is 0 Å². The first-order chi connectivity index (χ1) is 13.7. The van der Waals surface area contributed by atoms with Gasteiger partial charge in [-0.05, 0) is 24.3 Å². The van der Waals surface area contributed by atoms with Gasteiger partial charge in [-0.3, -0.25) is 19.1 Å². The first-order valence-electron chi connectivity index (χ1n) is 8.98. The summed E-state index contributed by atoms with van der Waals surface area (Å²) >= 11 is 0. The highest BCUT2D eigenvalue weighted by molar-refractivity contribution is 5.76. The molecule has 4 heterocycles. The predicted octanol–water partition coefficient (Wildman–Crippen LogP) is 0.444. The van der Waals surface area contributed by atoms with E-state index in [9.17, 15) is 9.59 Å². The molecule has 3 aromatic heterocycles. The minimum Gasteiger partial charge on any atom is -0.352 e. The Morgan fingerprint density at radius 3 is 2.32 bits per heavy atom. The Hall–Kier alpha value is -3.62. The van der Waals surface area contributed by atoms with E-state index < -0.39 is 0 Å². The molecule has 0 saturated carbocycles. The topological polar surface area (TPSA) is 97.1 Å². The van der Waals surface area contributed by atoms with Gasteiger partial charge in [0.05, 0.1) is 12.0 Å². The zero-order chi connectivity index (χ0) is 19.3. The SMILES string of the molecule is O=C(Cn1cnccc1=O)N1CCN(c2ccc(-c3ccncc3)nn2)CC1. The second-order valence-corrected chi connectivity index (χ2v) is 6.43. The van der Waals surface area contributed by atoms with E-state index in [1.165, 1.54) is 23.2 Å². The summed E-state index contributed by atoms with van der Waals surface area (Å²) in [5.74, 6) is 0.697. The Bertz CT molecular complexity index is 997. The van der Waals surface area contributed by atoms with Crippen molar-refractivity contribution in [3.63, 3.8) is 0 Å². The van der Waals surface area contributed by atoms with Gasteiger partial charge in [0.25, 0.3) is 5.56 Å². The van der Waals surface area contributed by atoms with Crippen LogP contribution < -0.4 is 10.5 Å². The minimum absolute atomic E-state index is 0.00705. The van der Waals surface area contributed by atoms with Crippen LogP contribution in [0.5, 0.6) is 0 Å². The highest BCUT2D eigenvalue weighted by Gasteiger charge is 2.22. The molecule has 9 nitrogen and oxygen atoms in total. The Morgan fingerprint density at radius 2 is 1.64 bits per heavy atom. The highest BCUT2D eigenvalue weighted by atomic mass is 16.2. The van der Waals surface area contributed by atoms with Crippen molar-refractivity contribution in [2.75, 3.05) is 31.1 Å². The van der Waals surface area contributed by atoms with Crippen LogP contribution in [0.2, 0.25) is 0 Å². The maximum atomic E-state index is 12.5. The van der Waals surface area contributed by atoms with Crippen LogP contribution in [0.3, 0.4) is 0 Å². The van der Waals surface area contributed by atoms with Crippen molar-refractivity contribution in [3.05, 3.63) is 65.6 Å². The van der Waals surface area contributed by atoms with E-state index in [4.69, 9.17) is 0 Å². The van der Waals surface area contributed by atoms with Crippen LogP contribution in [0.1, 0.15) is 0 Å². The average molecular weight is 377 g/mol. The molecule has 0 atom stereocenters. The van der Waals surface area contributed by atoms with Crippen molar-refractivity contribution in [3.8, 4) is 11.3 Å². The van der Waals surface area contributed by atoms with E-state index in [1.54, 1.807) is 17.3 Å². The summed E-state index contributed by atoms with van der Waals surface area (Å²) in [6.45, 7) is 2.48. The summed E-state index contributed by atoms with van der Waals surface area (Å²) in [5, 5.41) is 8.63. The van der Waals surface area contributed by atoms with Crippen molar-refractivity contribution in [2.24, 2.45) is 0 Å². The number of anilines is 1. The third kappa shape index (κ3) is 3.88. The fraction of sp³-hybridized carbons (Fsp3) is 0.263. The predicted molar refractivity (Wildman–Crippen MR) is 103 cm³/mol. The summed E-state index contributed by atoms with van der Waals surface area (Å²) < 4.78 is 1.32. The molecule has 0 radical (unpaired) electrons. The lowest BCUT2D eigenvalue weighted by atomic mass is 10.2. The Balaban J connectivity index is 1.35. The summed E-state index contributed by atoms with van der Waals surface area (Å²) in [7, 11) is 0. The van der Waals surface area contributed by atoms with Crippen molar-refractivity contribution >= 4 is 11.7 Å². The molecule has 0 spiro atoms. The van der Waals surface area contributed by atoms with Crippen LogP contribution >= 0.6 is 0 Å². The fourth-order valence-electron chi connectivity index (χ4n) is 3.10. The van der Waals surface area contributed by atoms with Gasteiger partial charge < -0.3 is 9.80 Å². The van der Waals surface area contributed by atoms with Crippen molar-refractivity contribution in [1.82, 2.24) is 29.6 Å². The number of carbonyl (C=O) groups excluding carboxylic acids is 1. The summed E-state index contributed by atoms with van der Waals surface area (Å²) in [6, 6.07) is 9.00. The number of piperazine rings is 1. The number of amides is 1. The second kappa shape index (κ2) is 7.95. The lowest BCUT2D eigenvalue weighted by Gasteiger charge is -2.35. The molecule has 0 aromatic carbocycles. The number of rotatable bonds is 4. The maximum Gasteiger partial charge on any atom is 0.253 e. The molecule has 142 valence electrons. The molecule has 1 fully saturated rings. The lowest BCUT2D eigenvalue weighted by molar-refractivity contribution is -0.132. The zero-order valence-corrected chi connectivity index (χ0v) is 15.2. The molecule has 0 bridgehead atoms. The van der Waals surface area contributed by atoms with E-state index in [2.05, 4.69) is 25.1 Å². The van der Waals surface area contributed by atoms with Crippen LogP contribution in [0.25, 0.3) is 11.3 Å². The molecule has 0 N–H and O–H groups in total. The van der Waals surface area contributed by atoms with E-state index in [0.717, 1.165) is 17.1 Å². The standard InChI is InChI=1S/C19H19N7O2/c27-18-5-8-21-14-26(18)13-19(28)25-11-9-24(10-12-25)17-2-1-16(22-23-17)15-3-6-20-7-4-15/h1-8,14H,9-13H2. The Kier molecular flexibility index (Phi) is 5.05. The number of aromatic nitrogens is 5. The van der Waals surface area contributed by atoms with Gasteiger partial charge in [-0.25, -0.2) is 4.98 Å². The minimum atomic E-state index is -0.230. The molecule has 1 amide bonds. The Morgan fingerprint density at radius 1 is 0.893 bits per heavy atom. The fourth-order valence-corrected chi connectivity index (χ4v) is 3.10. The zero-order valence-electron chi connectivity index (χ0n) is 15.2. The first-order valence-corrected chi connectivity index (χ1v) is 8.98. The molecular weight excluding hydrogens is 358 g/mol. The molecular formula is C19H19N7O2. The normalized spacial score (nSPS) is 14.1.